The first-order valence-electron chi connectivity index (χ1n) is 8.50. The van der Waals surface area contributed by atoms with Gasteiger partial charge in [0.05, 0.1) is 10.6 Å². The molecule has 2 aromatic heterocycles. The summed E-state index contributed by atoms with van der Waals surface area (Å²) in [4.78, 5) is 18.8. The molecule has 0 fully saturated rings. The molecule has 0 saturated heterocycles. The Labute approximate surface area is 160 Å². The fourth-order valence-corrected chi connectivity index (χ4v) is 3.30. The molecule has 0 radical (unpaired) electrons. The molecule has 2 heterocycles. The summed E-state index contributed by atoms with van der Waals surface area (Å²) in [5, 5.41) is 4.67. The van der Waals surface area contributed by atoms with E-state index in [1.54, 1.807) is 12.3 Å². The predicted molar refractivity (Wildman–Crippen MR) is 101 cm³/mol. The van der Waals surface area contributed by atoms with Crippen LogP contribution in [0.15, 0.2) is 60.1 Å². The third-order valence-corrected chi connectivity index (χ3v) is 4.88. The quantitative estimate of drug-likeness (QED) is 0.639. The van der Waals surface area contributed by atoms with Crippen molar-refractivity contribution in [3.8, 4) is 0 Å². The monoisotopic (exact) mass is 387 g/mol. The molecule has 0 aliphatic carbocycles. The Bertz CT molecular complexity index is 852. The number of pyridine rings is 1. The minimum Gasteiger partial charge on any atom is -0.350 e. The fourth-order valence-electron chi connectivity index (χ4n) is 2.66. The highest BCUT2D eigenvalue weighted by atomic mass is 32.1. The van der Waals surface area contributed by atoms with Gasteiger partial charge in [-0.05, 0) is 35.7 Å². The first kappa shape index (κ1) is 19.1. The van der Waals surface area contributed by atoms with E-state index >= 15 is 0 Å². The molecule has 1 amide bonds. The number of nitrogens with one attached hydrogen (secondary N) is 1. The molecule has 1 aromatic carbocycles. The van der Waals surface area contributed by atoms with Gasteiger partial charge in [-0.3, -0.25) is 14.7 Å². The first-order chi connectivity index (χ1) is 13.1. The summed E-state index contributed by atoms with van der Waals surface area (Å²) in [5.41, 5.74) is 0.803. The maximum Gasteiger partial charge on any atom is 0.261 e. The number of hydrogen-bond acceptors (Lipinski definition) is 4. The Kier molecular flexibility index (Phi) is 6.62. The largest absolute Gasteiger partial charge is 0.350 e. The van der Waals surface area contributed by atoms with Gasteiger partial charge in [0.2, 0.25) is 0 Å². The second-order valence-electron chi connectivity index (χ2n) is 5.97. The Balaban J connectivity index is 1.66. The minimum absolute atomic E-state index is 0.0121. The number of carbonyl (C=O) groups is 1. The van der Waals surface area contributed by atoms with E-state index in [0.717, 1.165) is 5.69 Å². The van der Waals surface area contributed by atoms with Crippen LogP contribution >= 0.6 is 11.3 Å². The van der Waals surface area contributed by atoms with Crippen molar-refractivity contribution in [1.29, 1.82) is 0 Å². The number of aromatic nitrogens is 1. The standard InChI is InChI=1S/C20H19F2N3OS/c21-17-6-3-7-18(22)16(17)14-25(13-15-5-1-2-9-23-15)11-10-24-20(26)19-8-4-12-27-19/h1-9,12H,10-11,13-14H2,(H,24,26). The van der Waals surface area contributed by atoms with Crippen LogP contribution in [0.3, 0.4) is 0 Å². The summed E-state index contributed by atoms with van der Waals surface area (Å²) < 4.78 is 28.1. The van der Waals surface area contributed by atoms with Crippen LogP contribution in [0, 0.1) is 11.6 Å². The first-order valence-corrected chi connectivity index (χ1v) is 9.38. The van der Waals surface area contributed by atoms with Crippen molar-refractivity contribution < 1.29 is 13.6 Å². The molecule has 140 valence electrons. The van der Waals surface area contributed by atoms with Crippen LogP contribution in [-0.4, -0.2) is 28.9 Å². The van der Waals surface area contributed by atoms with E-state index in [-0.39, 0.29) is 18.0 Å². The van der Waals surface area contributed by atoms with E-state index in [1.165, 1.54) is 29.5 Å². The highest BCUT2D eigenvalue weighted by Crippen LogP contribution is 2.16. The number of carbonyl (C=O) groups excluding carboxylic acids is 1. The Morgan fingerprint density at radius 3 is 2.52 bits per heavy atom. The highest BCUT2D eigenvalue weighted by molar-refractivity contribution is 7.12. The number of amides is 1. The van der Waals surface area contributed by atoms with Crippen molar-refractivity contribution >= 4 is 17.2 Å². The van der Waals surface area contributed by atoms with E-state index in [9.17, 15) is 13.6 Å². The third-order valence-electron chi connectivity index (χ3n) is 4.01. The summed E-state index contributed by atoms with van der Waals surface area (Å²) in [7, 11) is 0. The maximum absolute atomic E-state index is 14.0. The molecule has 0 aliphatic heterocycles. The number of benzene rings is 1. The average molecular weight is 387 g/mol. The van der Waals surface area contributed by atoms with Crippen LogP contribution in [0.5, 0.6) is 0 Å². The van der Waals surface area contributed by atoms with Crippen LogP contribution in [0.1, 0.15) is 20.9 Å². The number of hydrogen-bond donors (Lipinski definition) is 1. The molecular weight excluding hydrogens is 368 g/mol. The topological polar surface area (TPSA) is 45.2 Å². The van der Waals surface area contributed by atoms with Crippen molar-refractivity contribution in [1.82, 2.24) is 15.2 Å². The summed E-state index contributed by atoms with van der Waals surface area (Å²) in [6.07, 6.45) is 1.68. The highest BCUT2D eigenvalue weighted by Gasteiger charge is 2.15. The van der Waals surface area contributed by atoms with E-state index in [2.05, 4.69) is 10.3 Å². The van der Waals surface area contributed by atoms with Crippen LogP contribution in [-0.2, 0) is 13.1 Å². The van der Waals surface area contributed by atoms with Gasteiger partial charge in [-0.2, -0.15) is 0 Å². The third kappa shape index (κ3) is 5.42. The number of halogens is 2. The van der Waals surface area contributed by atoms with Crippen LogP contribution in [0.25, 0.3) is 0 Å². The van der Waals surface area contributed by atoms with Gasteiger partial charge in [0.25, 0.3) is 5.91 Å². The Morgan fingerprint density at radius 1 is 1.04 bits per heavy atom. The van der Waals surface area contributed by atoms with Crippen molar-refractivity contribution in [2.75, 3.05) is 13.1 Å². The molecule has 3 rings (SSSR count). The van der Waals surface area contributed by atoms with Crippen molar-refractivity contribution in [2.24, 2.45) is 0 Å². The molecule has 0 atom stereocenters. The molecule has 0 bridgehead atoms. The Hall–Kier alpha value is -2.64. The van der Waals surface area contributed by atoms with Gasteiger partial charge < -0.3 is 5.32 Å². The summed E-state index contributed by atoms with van der Waals surface area (Å²) >= 11 is 1.36. The Morgan fingerprint density at radius 2 is 1.85 bits per heavy atom. The maximum atomic E-state index is 14.0. The molecule has 0 unspecified atom stereocenters. The normalized spacial score (nSPS) is 10.9. The zero-order chi connectivity index (χ0) is 19.1. The second-order valence-corrected chi connectivity index (χ2v) is 6.91. The number of rotatable bonds is 8. The molecule has 0 spiro atoms. The lowest BCUT2D eigenvalue weighted by atomic mass is 10.1. The van der Waals surface area contributed by atoms with Gasteiger partial charge >= 0.3 is 0 Å². The zero-order valence-corrected chi connectivity index (χ0v) is 15.4. The van der Waals surface area contributed by atoms with E-state index in [1.807, 2.05) is 34.5 Å². The average Bonchev–Trinajstić information content (AvgIpc) is 3.20. The SMILES string of the molecule is O=C(NCCN(Cc1ccccn1)Cc1c(F)cccc1F)c1cccs1. The van der Waals surface area contributed by atoms with E-state index in [0.29, 0.717) is 24.5 Å². The smallest absolute Gasteiger partial charge is 0.261 e. The van der Waals surface area contributed by atoms with Gasteiger partial charge in [-0.1, -0.05) is 18.2 Å². The minimum atomic E-state index is -0.580. The fraction of sp³-hybridized carbons (Fsp3) is 0.200. The second kappa shape index (κ2) is 9.34. The molecular formula is C20H19F2N3OS. The van der Waals surface area contributed by atoms with Gasteiger partial charge in [0.1, 0.15) is 11.6 Å². The molecule has 4 nitrogen and oxygen atoms in total. The van der Waals surface area contributed by atoms with Crippen LogP contribution in [0.2, 0.25) is 0 Å². The van der Waals surface area contributed by atoms with Crippen LogP contribution < -0.4 is 5.32 Å². The van der Waals surface area contributed by atoms with Gasteiger partial charge in [0.15, 0.2) is 0 Å². The van der Waals surface area contributed by atoms with Crippen molar-refractivity contribution in [3.63, 3.8) is 0 Å². The summed E-state index contributed by atoms with van der Waals surface area (Å²) in [5.74, 6) is -1.31. The van der Waals surface area contributed by atoms with Crippen LogP contribution in [0.4, 0.5) is 8.78 Å². The molecule has 3 aromatic rings. The lowest BCUT2D eigenvalue weighted by molar-refractivity contribution is 0.0951. The molecule has 1 N–H and O–H groups in total. The molecule has 0 saturated carbocycles. The number of thiophene rings is 1. The van der Waals surface area contributed by atoms with Crippen molar-refractivity contribution in [2.45, 2.75) is 13.1 Å². The van der Waals surface area contributed by atoms with E-state index in [4.69, 9.17) is 0 Å². The van der Waals surface area contributed by atoms with Gasteiger partial charge in [0, 0.05) is 37.9 Å². The summed E-state index contributed by atoms with van der Waals surface area (Å²) in [6, 6.07) is 12.9. The van der Waals surface area contributed by atoms with Gasteiger partial charge in [-0.25, -0.2) is 8.78 Å². The number of nitrogens with zero attached hydrogens (tertiary/aromatic N) is 2. The molecule has 0 aliphatic rings. The molecule has 7 heteroatoms. The van der Waals surface area contributed by atoms with Crippen molar-refractivity contribution in [3.05, 3.63) is 87.9 Å². The predicted octanol–water partition coefficient (Wildman–Crippen LogP) is 3.85. The lowest BCUT2D eigenvalue weighted by Crippen LogP contribution is -2.34. The zero-order valence-electron chi connectivity index (χ0n) is 14.6. The molecule has 27 heavy (non-hydrogen) atoms. The van der Waals surface area contributed by atoms with Gasteiger partial charge in [-0.15, -0.1) is 11.3 Å². The summed E-state index contributed by atoms with van der Waals surface area (Å²) in [6.45, 7) is 1.30. The lowest BCUT2D eigenvalue weighted by Gasteiger charge is -2.22. The van der Waals surface area contributed by atoms with E-state index < -0.39 is 11.6 Å².